The zero-order valence-electron chi connectivity index (χ0n) is 12.1. The summed E-state index contributed by atoms with van der Waals surface area (Å²) in [5, 5.41) is 10.2. The summed E-state index contributed by atoms with van der Waals surface area (Å²) in [6.45, 7) is 7.49. The van der Waals surface area contributed by atoms with Crippen LogP contribution in [0.2, 0.25) is 0 Å². The molecule has 0 amide bonds. The van der Waals surface area contributed by atoms with E-state index in [1.54, 1.807) is 17.7 Å². The molecule has 0 radical (unpaired) electrons. The number of rotatable bonds is 7. The fraction of sp³-hybridized carbons (Fsp3) is 0.571. The SMILES string of the molecule is CCCNC(Cc1ncnn1C(C)C)c1csc(I)c1. The molecule has 6 heteroatoms. The third kappa shape index (κ3) is 4.02. The van der Waals surface area contributed by atoms with Gasteiger partial charge in [0.15, 0.2) is 0 Å². The Balaban J connectivity index is 2.17. The summed E-state index contributed by atoms with van der Waals surface area (Å²) in [6, 6.07) is 2.92. The van der Waals surface area contributed by atoms with Gasteiger partial charge in [-0.15, -0.1) is 11.3 Å². The fourth-order valence-corrected chi connectivity index (χ4v) is 3.59. The van der Waals surface area contributed by atoms with Crippen LogP contribution in [0.5, 0.6) is 0 Å². The molecule has 2 heterocycles. The van der Waals surface area contributed by atoms with Gasteiger partial charge in [-0.2, -0.15) is 5.10 Å². The molecule has 2 aromatic rings. The predicted octanol–water partition coefficient (Wildman–Crippen LogP) is 3.81. The number of hydrogen-bond donors (Lipinski definition) is 1. The van der Waals surface area contributed by atoms with Gasteiger partial charge in [-0.1, -0.05) is 6.92 Å². The van der Waals surface area contributed by atoms with Crippen LogP contribution in [-0.2, 0) is 6.42 Å². The summed E-state index contributed by atoms with van der Waals surface area (Å²) < 4.78 is 3.34. The van der Waals surface area contributed by atoms with E-state index >= 15 is 0 Å². The normalized spacial score (nSPS) is 13.1. The second-order valence-corrected chi connectivity index (χ2v) is 7.91. The Hall–Kier alpha value is -0.470. The van der Waals surface area contributed by atoms with E-state index in [0.29, 0.717) is 12.1 Å². The van der Waals surface area contributed by atoms with E-state index in [1.807, 2.05) is 4.68 Å². The summed E-state index contributed by atoms with van der Waals surface area (Å²) in [7, 11) is 0. The van der Waals surface area contributed by atoms with Crippen LogP contribution in [0.1, 0.15) is 50.7 Å². The van der Waals surface area contributed by atoms with Crippen molar-refractivity contribution in [2.75, 3.05) is 6.54 Å². The second-order valence-electron chi connectivity index (χ2n) is 5.11. The summed E-state index contributed by atoms with van der Waals surface area (Å²) in [6.07, 6.45) is 3.67. The van der Waals surface area contributed by atoms with E-state index in [1.165, 1.54) is 8.45 Å². The highest BCUT2D eigenvalue weighted by Gasteiger charge is 2.17. The molecule has 0 aliphatic rings. The lowest BCUT2D eigenvalue weighted by molar-refractivity contribution is 0.463. The number of thiophene rings is 1. The first-order chi connectivity index (χ1) is 9.61. The average molecular weight is 404 g/mol. The van der Waals surface area contributed by atoms with Gasteiger partial charge in [0.25, 0.3) is 0 Å². The summed E-state index contributed by atoms with van der Waals surface area (Å²) in [4.78, 5) is 4.43. The van der Waals surface area contributed by atoms with Crippen LogP contribution in [0.4, 0.5) is 0 Å². The lowest BCUT2D eigenvalue weighted by Gasteiger charge is -2.18. The van der Waals surface area contributed by atoms with Gasteiger partial charge in [0, 0.05) is 18.5 Å². The zero-order valence-corrected chi connectivity index (χ0v) is 15.1. The maximum absolute atomic E-state index is 4.43. The summed E-state index contributed by atoms with van der Waals surface area (Å²) >= 11 is 4.17. The van der Waals surface area contributed by atoms with Crippen molar-refractivity contribution in [3.8, 4) is 0 Å². The number of nitrogens with one attached hydrogen (secondary N) is 1. The van der Waals surface area contributed by atoms with Crippen molar-refractivity contribution in [3.05, 3.63) is 32.0 Å². The highest BCUT2D eigenvalue weighted by molar-refractivity contribution is 14.1. The Labute approximate surface area is 138 Å². The van der Waals surface area contributed by atoms with Gasteiger partial charge < -0.3 is 5.32 Å². The van der Waals surface area contributed by atoms with Crippen molar-refractivity contribution < 1.29 is 0 Å². The van der Waals surface area contributed by atoms with Crippen LogP contribution in [0.3, 0.4) is 0 Å². The third-order valence-corrected chi connectivity index (χ3v) is 4.96. The van der Waals surface area contributed by atoms with Gasteiger partial charge in [0.1, 0.15) is 12.2 Å². The largest absolute Gasteiger partial charge is 0.310 e. The quantitative estimate of drug-likeness (QED) is 0.714. The van der Waals surface area contributed by atoms with E-state index in [2.05, 4.69) is 70.2 Å². The molecule has 2 rings (SSSR count). The molecular formula is C14H21IN4S. The Morgan fingerprint density at radius 2 is 2.25 bits per heavy atom. The van der Waals surface area contributed by atoms with Crippen molar-refractivity contribution in [2.45, 2.75) is 45.7 Å². The first-order valence-corrected chi connectivity index (χ1v) is 8.93. The van der Waals surface area contributed by atoms with Crippen molar-refractivity contribution in [1.82, 2.24) is 20.1 Å². The maximum atomic E-state index is 4.43. The van der Waals surface area contributed by atoms with Crippen LogP contribution in [0.25, 0.3) is 0 Å². The fourth-order valence-electron chi connectivity index (χ4n) is 2.17. The molecular weight excluding hydrogens is 383 g/mol. The van der Waals surface area contributed by atoms with E-state index in [9.17, 15) is 0 Å². The summed E-state index contributed by atoms with van der Waals surface area (Å²) in [5.74, 6) is 1.05. The van der Waals surface area contributed by atoms with E-state index in [-0.39, 0.29) is 0 Å². The molecule has 0 fully saturated rings. The molecule has 4 nitrogen and oxygen atoms in total. The monoisotopic (exact) mass is 404 g/mol. The smallest absolute Gasteiger partial charge is 0.138 e. The van der Waals surface area contributed by atoms with Crippen molar-refractivity contribution in [3.63, 3.8) is 0 Å². The highest BCUT2D eigenvalue weighted by Crippen LogP contribution is 2.25. The third-order valence-electron chi connectivity index (χ3n) is 3.15. The Morgan fingerprint density at radius 1 is 1.45 bits per heavy atom. The first kappa shape index (κ1) is 15.9. The Morgan fingerprint density at radius 3 is 2.85 bits per heavy atom. The van der Waals surface area contributed by atoms with Crippen molar-refractivity contribution in [1.29, 1.82) is 0 Å². The molecule has 110 valence electrons. The van der Waals surface area contributed by atoms with Crippen LogP contribution >= 0.6 is 33.9 Å². The van der Waals surface area contributed by atoms with Crippen LogP contribution in [0, 0.1) is 2.88 Å². The van der Waals surface area contributed by atoms with Gasteiger partial charge in [-0.25, -0.2) is 9.67 Å². The molecule has 0 bridgehead atoms. The van der Waals surface area contributed by atoms with Gasteiger partial charge in [0.05, 0.1) is 2.88 Å². The molecule has 1 N–H and O–H groups in total. The van der Waals surface area contributed by atoms with E-state index in [0.717, 1.165) is 25.2 Å². The van der Waals surface area contributed by atoms with Gasteiger partial charge in [-0.3, -0.25) is 0 Å². The minimum absolute atomic E-state index is 0.316. The average Bonchev–Trinajstić information content (AvgIpc) is 3.03. The zero-order chi connectivity index (χ0) is 14.5. The van der Waals surface area contributed by atoms with E-state index < -0.39 is 0 Å². The van der Waals surface area contributed by atoms with E-state index in [4.69, 9.17) is 0 Å². The number of halogens is 1. The number of nitrogens with zero attached hydrogens (tertiary/aromatic N) is 3. The lowest BCUT2D eigenvalue weighted by Crippen LogP contribution is -2.25. The minimum Gasteiger partial charge on any atom is -0.310 e. The lowest BCUT2D eigenvalue weighted by atomic mass is 10.1. The molecule has 0 spiro atoms. The molecule has 0 aliphatic heterocycles. The topological polar surface area (TPSA) is 42.7 Å². The first-order valence-electron chi connectivity index (χ1n) is 6.97. The number of hydrogen-bond acceptors (Lipinski definition) is 4. The predicted molar refractivity (Wildman–Crippen MR) is 92.2 cm³/mol. The Kier molecular flexibility index (Phi) is 5.98. The molecule has 20 heavy (non-hydrogen) atoms. The molecule has 0 saturated heterocycles. The van der Waals surface area contributed by atoms with Gasteiger partial charge in [0.2, 0.25) is 0 Å². The standard InChI is InChI=1S/C14H21IN4S/c1-4-5-16-12(11-6-13(15)20-8-11)7-14-17-9-18-19(14)10(2)3/h6,8-10,12,16H,4-5,7H2,1-3H3. The molecule has 2 aromatic heterocycles. The van der Waals surface area contributed by atoms with Gasteiger partial charge >= 0.3 is 0 Å². The molecule has 0 aliphatic carbocycles. The molecule has 1 unspecified atom stereocenters. The van der Waals surface area contributed by atoms with Crippen LogP contribution < -0.4 is 5.32 Å². The highest BCUT2D eigenvalue weighted by atomic mass is 127. The van der Waals surface area contributed by atoms with Crippen molar-refractivity contribution >= 4 is 33.9 Å². The van der Waals surface area contributed by atoms with Crippen LogP contribution in [0.15, 0.2) is 17.8 Å². The van der Waals surface area contributed by atoms with Gasteiger partial charge in [-0.05, 0) is 66.4 Å². The van der Waals surface area contributed by atoms with Crippen molar-refractivity contribution in [2.24, 2.45) is 0 Å². The molecule has 0 saturated carbocycles. The Bertz CT molecular complexity index is 535. The minimum atomic E-state index is 0.316. The summed E-state index contributed by atoms with van der Waals surface area (Å²) in [5.41, 5.74) is 1.35. The van der Waals surface area contributed by atoms with Crippen LogP contribution in [-0.4, -0.2) is 21.3 Å². The number of aromatic nitrogens is 3. The molecule has 0 aromatic carbocycles. The second kappa shape index (κ2) is 7.51. The maximum Gasteiger partial charge on any atom is 0.138 e. The molecule has 1 atom stereocenters.